The predicted molar refractivity (Wildman–Crippen MR) is 116 cm³/mol. The van der Waals surface area contributed by atoms with Crippen molar-refractivity contribution < 1.29 is 4.57 Å². The summed E-state index contributed by atoms with van der Waals surface area (Å²) < 4.78 is 14.9. The summed E-state index contributed by atoms with van der Waals surface area (Å²) >= 11 is 0. The molecule has 0 radical (unpaired) electrons. The van der Waals surface area contributed by atoms with Gasteiger partial charge in [0.25, 0.3) is 0 Å². The molecule has 28 heavy (non-hydrogen) atoms. The number of pyridine rings is 1. The molecule has 0 saturated carbocycles. The number of rotatable bonds is 0. The lowest BCUT2D eigenvalue weighted by molar-refractivity contribution is 0.595. The number of nitrogens with zero attached hydrogens (tertiary/aromatic N) is 2. The summed E-state index contributed by atoms with van der Waals surface area (Å²) in [6.07, 6.45) is 3.64. The second-order valence-electron chi connectivity index (χ2n) is 7.57. The predicted octanol–water partition coefficient (Wildman–Crippen LogP) is 3.90. The van der Waals surface area contributed by atoms with E-state index in [1.807, 2.05) is 12.3 Å². The smallest absolute Gasteiger partial charge is 0.373 e. The Morgan fingerprint density at radius 3 is 2.43 bits per heavy atom. The molecule has 3 aromatic carbocycles. The van der Waals surface area contributed by atoms with Crippen molar-refractivity contribution in [2.75, 3.05) is 4.81 Å². The molecule has 0 fully saturated rings. The van der Waals surface area contributed by atoms with Gasteiger partial charge >= 0.3 is 6.57 Å². The summed E-state index contributed by atoms with van der Waals surface area (Å²) in [5, 5.41) is 1.96. The van der Waals surface area contributed by atoms with Crippen molar-refractivity contribution in [1.82, 2.24) is 4.98 Å². The Kier molecular flexibility index (Phi) is 2.58. The van der Waals surface area contributed by atoms with Gasteiger partial charge in [-0.15, -0.1) is 0 Å². The third kappa shape index (κ3) is 1.49. The minimum absolute atomic E-state index is 0.196. The van der Waals surface area contributed by atoms with Crippen molar-refractivity contribution in [3.63, 3.8) is 0 Å². The monoisotopic (exact) mass is 376 g/mol. The summed E-state index contributed by atoms with van der Waals surface area (Å²) in [7, 11) is -2.87. The molecule has 3 aliphatic rings. The Labute approximate surface area is 163 Å². The van der Waals surface area contributed by atoms with Crippen molar-refractivity contribution in [3.8, 4) is 22.3 Å². The molecule has 0 aliphatic carbocycles. The topological polar surface area (TPSA) is 33.2 Å². The van der Waals surface area contributed by atoms with Crippen LogP contribution in [0.2, 0.25) is 0 Å². The Morgan fingerprint density at radius 2 is 1.50 bits per heavy atom. The van der Waals surface area contributed by atoms with E-state index in [1.54, 1.807) is 6.20 Å². The molecule has 1 atom stereocenters. The van der Waals surface area contributed by atoms with Crippen LogP contribution in [-0.2, 0) is 4.57 Å². The van der Waals surface area contributed by atoms with Crippen LogP contribution in [0.5, 0.6) is 0 Å². The first-order chi connectivity index (χ1) is 13.8. The van der Waals surface area contributed by atoms with Gasteiger partial charge in [-0.25, -0.2) is 0 Å². The van der Waals surface area contributed by atoms with Gasteiger partial charge in [-0.1, -0.05) is 54.6 Å². The Morgan fingerprint density at radius 1 is 0.750 bits per heavy atom. The van der Waals surface area contributed by atoms with Gasteiger partial charge in [0.1, 0.15) is 7.02 Å². The Bertz CT molecular complexity index is 1380. The summed E-state index contributed by atoms with van der Waals surface area (Å²) in [6.45, 7) is -0.196. The quantitative estimate of drug-likeness (QED) is 0.345. The third-order valence-electron chi connectivity index (χ3n) is 6.33. The highest BCUT2D eigenvalue weighted by atomic mass is 31.2. The summed E-state index contributed by atoms with van der Waals surface area (Å²) in [5.41, 5.74) is 7.85. The normalized spacial score (nSPS) is 19.6. The van der Waals surface area contributed by atoms with Gasteiger partial charge in [0.05, 0.1) is 0 Å². The first-order valence-electron chi connectivity index (χ1n) is 9.46. The number of anilines is 2. The van der Waals surface area contributed by atoms with E-state index in [4.69, 9.17) is 0 Å². The lowest BCUT2D eigenvalue weighted by Gasteiger charge is -2.35. The standard InChI is InChI=1S/C23H14BN2OP/c27-28-22-12-13-25-14-18(22)17-8-5-11-21(23(17)28)26-20-10-4-2-7-16(20)15-6-1-3-9-19(15)24(26)28/h1-14H. The van der Waals surface area contributed by atoms with Gasteiger partial charge < -0.3 is 9.38 Å². The average Bonchev–Trinajstić information content (AvgIpc) is 3.19. The number of para-hydroxylation sites is 1. The zero-order valence-electron chi connectivity index (χ0n) is 14.9. The Hall–Kier alpha value is -3.10. The maximum atomic E-state index is 14.9. The minimum Gasteiger partial charge on any atom is -0.373 e. The van der Waals surface area contributed by atoms with E-state index in [2.05, 4.69) is 76.5 Å². The van der Waals surface area contributed by atoms with Crippen LogP contribution in [0.15, 0.2) is 85.2 Å². The molecule has 0 N–H and O–H groups in total. The van der Waals surface area contributed by atoms with E-state index in [0.717, 1.165) is 38.6 Å². The molecular weight excluding hydrogens is 362 g/mol. The highest BCUT2D eigenvalue weighted by Gasteiger charge is 2.60. The van der Waals surface area contributed by atoms with E-state index < -0.39 is 7.02 Å². The van der Waals surface area contributed by atoms with E-state index in [-0.39, 0.29) is 6.57 Å². The number of benzene rings is 3. The molecule has 7 rings (SSSR count). The molecule has 3 aliphatic heterocycles. The zero-order valence-corrected chi connectivity index (χ0v) is 15.8. The number of aromatic nitrogens is 1. The van der Waals surface area contributed by atoms with Crippen LogP contribution in [-0.4, -0.2) is 11.6 Å². The fraction of sp³-hybridized carbons (Fsp3) is 0. The Balaban J connectivity index is 1.68. The summed E-state index contributed by atoms with van der Waals surface area (Å²) in [4.78, 5) is 6.64. The zero-order chi connectivity index (χ0) is 18.5. The van der Waals surface area contributed by atoms with Gasteiger partial charge in [-0.2, -0.15) is 0 Å². The SMILES string of the molecule is O=P12B3c4ccccc4-c4ccccc4N3c3cccc(c31)-c1cnccc12. The van der Waals surface area contributed by atoms with Crippen LogP contribution in [0, 0.1) is 0 Å². The molecule has 1 unspecified atom stereocenters. The molecule has 3 nitrogen and oxygen atoms in total. The highest BCUT2D eigenvalue weighted by molar-refractivity contribution is 8.09. The third-order valence-corrected chi connectivity index (χ3v) is 9.77. The fourth-order valence-corrected chi connectivity index (χ4v) is 9.16. The average molecular weight is 376 g/mol. The van der Waals surface area contributed by atoms with Crippen molar-refractivity contribution in [3.05, 3.63) is 85.2 Å². The first kappa shape index (κ1) is 14.9. The molecule has 4 aromatic rings. The van der Waals surface area contributed by atoms with Crippen molar-refractivity contribution in [1.29, 1.82) is 0 Å². The van der Waals surface area contributed by atoms with Crippen molar-refractivity contribution >= 4 is 41.0 Å². The van der Waals surface area contributed by atoms with Gasteiger partial charge in [-0.3, -0.25) is 4.98 Å². The molecule has 1 aromatic heterocycles. The molecule has 0 saturated heterocycles. The highest BCUT2D eigenvalue weighted by Crippen LogP contribution is 2.65. The van der Waals surface area contributed by atoms with Crippen LogP contribution in [0.1, 0.15) is 0 Å². The lowest BCUT2D eigenvalue weighted by atomic mass is 9.69. The van der Waals surface area contributed by atoms with Crippen LogP contribution in [0.25, 0.3) is 22.3 Å². The largest absolute Gasteiger partial charge is 0.377 e. The molecule has 5 heteroatoms. The molecule has 0 spiro atoms. The van der Waals surface area contributed by atoms with E-state index in [1.165, 1.54) is 11.1 Å². The lowest BCUT2D eigenvalue weighted by Crippen LogP contribution is -2.48. The summed E-state index contributed by atoms with van der Waals surface area (Å²) in [6, 6.07) is 25.2. The summed E-state index contributed by atoms with van der Waals surface area (Å²) in [5.74, 6) is 0. The van der Waals surface area contributed by atoms with Crippen LogP contribution < -0.4 is 20.9 Å². The van der Waals surface area contributed by atoms with Gasteiger partial charge in [0.2, 0.25) is 0 Å². The molecular formula is C23H14BN2OP. The first-order valence-corrected chi connectivity index (χ1v) is 11.2. The molecule has 0 amide bonds. The van der Waals surface area contributed by atoms with Gasteiger partial charge in [-0.05, 0) is 34.8 Å². The van der Waals surface area contributed by atoms with Crippen molar-refractivity contribution in [2.24, 2.45) is 0 Å². The van der Waals surface area contributed by atoms with Crippen molar-refractivity contribution in [2.45, 2.75) is 0 Å². The number of fused-ring (bicyclic) bond motifs is 11. The van der Waals surface area contributed by atoms with Gasteiger partial charge in [0, 0.05) is 45.5 Å². The van der Waals surface area contributed by atoms with E-state index >= 15 is 0 Å². The second-order valence-corrected chi connectivity index (χ2v) is 10.3. The second kappa shape index (κ2) is 4.84. The van der Waals surface area contributed by atoms with E-state index in [0.29, 0.717) is 0 Å². The maximum absolute atomic E-state index is 14.9. The molecule has 130 valence electrons. The van der Waals surface area contributed by atoms with E-state index in [9.17, 15) is 4.57 Å². The van der Waals surface area contributed by atoms with Crippen LogP contribution in [0.4, 0.5) is 11.4 Å². The van der Waals surface area contributed by atoms with Crippen LogP contribution >= 0.6 is 7.02 Å². The molecule has 4 heterocycles. The minimum atomic E-state index is -2.87. The fourth-order valence-electron chi connectivity index (χ4n) is 5.32. The maximum Gasteiger partial charge on any atom is 0.377 e. The number of hydrogen-bond donors (Lipinski definition) is 0. The van der Waals surface area contributed by atoms with Gasteiger partial charge in [0.15, 0.2) is 0 Å². The van der Waals surface area contributed by atoms with Crippen LogP contribution in [0.3, 0.4) is 0 Å². The number of hydrogen-bond acceptors (Lipinski definition) is 3. The molecule has 0 bridgehead atoms.